The van der Waals surface area contributed by atoms with Gasteiger partial charge in [0.2, 0.25) is 5.89 Å². The molecule has 0 bridgehead atoms. The Morgan fingerprint density at radius 2 is 2.20 bits per heavy atom. The second-order valence-electron chi connectivity index (χ2n) is 2.89. The maximum atomic E-state index is 5.33. The van der Waals surface area contributed by atoms with E-state index < -0.39 is 0 Å². The van der Waals surface area contributed by atoms with E-state index in [1.807, 2.05) is 24.3 Å². The lowest BCUT2D eigenvalue weighted by Gasteiger charge is -1.99. The number of hydrogen-bond acceptors (Lipinski definition) is 5. The first kappa shape index (κ1) is 9.51. The van der Waals surface area contributed by atoms with Crippen LogP contribution >= 0.6 is 0 Å². The summed E-state index contributed by atoms with van der Waals surface area (Å²) in [7, 11) is 3.34. The fraction of sp³-hybridized carbons (Fsp3) is 0.200. The number of rotatable bonds is 3. The van der Waals surface area contributed by atoms with E-state index in [0.717, 1.165) is 11.3 Å². The van der Waals surface area contributed by atoms with Crippen molar-refractivity contribution in [3.8, 4) is 17.2 Å². The van der Waals surface area contributed by atoms with E-state index in [1.54, 1.807) is 14.2 Å². The zero-order valence-corrected chi connectivity index (χ0v) is 8.52. The molecule has 78 valence electrons. The van der Waals surface area contributed by atoms with Crippen LogP contribution in [0.2, 0.25) is 0 Å². The van der Waals surface area contributed by atoms with Crippen LogP contribution in [0.4, 0.5) is 6.01 Å². The van der Waals surface area contributed by atoms with Crippen molar-refractivity contribution in [2.24, 2.45) is 0 Å². The lowest BCUT2D eigenvalue weighted by atomic mass is 10.2. The van der Waals surface area contributed by atoms with Crippen LogP contribution in [0.3, 0.4) is 0 Å². The molecule has 0 aliphatic heterocycles. The molecule has 15 heavy (non-hydrogen) atoms. The van der Waals surface area contributed by atoms with E-state index in [2.05, 4.69) is 15.5 Å². The minimum absolute atomic E-state index is 0.396. The highest BCUT2D eigenvalue weighted by Gasteiger charge is 2.07. The molecule has 0 saturated carbocycles. The molecule has 0 spiro atoms. The van der Waals surface area contributed by atoms with Crippen molar-refractivity contribution in [2.75, 3.05) is 19.5 Å². The second kappa shape index (κ2) is 4.00. The number of nitrogens with one attached hydrogen (secondary N) is 1. The quantitative estimate of drug-likeness (QED) is 0.827. The summed E-state index contributed by atoms with van der Waals surface area (Å²) in [6, 6.07) is 7.85. The van der Waals surface area contributed by atoms with Gasteiger partial charge in [-0.05, 0) is 18.2 Å². The van der Waals surface area contributed by atoms with Crippen molar-refractivity contribution in [3.63, 3.8) is 0 Å². The Morgan fingerprint density at radius 1 is 1.33 bits per heavy atom. The van der Waals surface area contributed by atoms with E-state index >= 15 is 0 Å². The summed E-state index contributed by atoms with van der Waals surface area (Å²) in [5, 5.41) is 10.5. The molecule has 2 aromatic rings. The van der Waals surface area contributed by atoms with Gasteiger partial charge in [-0.2, -0.15) is 0 Å². The Kier molecular flexibility index (Phi) is 2.53. The molecule has 0 atom stereocenters. The number of benzene rings is 1. The van der Waals surface area contributed by atoms with Crippen molar-refractivity contribution in [3.05, 3.63) is 24.3 Å². The highest BCUT2D eigenvalue weighted by atomic mass is 16.5. The molecule has 5 heteroatoms. The summed E-state index contributed by atoms with van der Waals surface area (Å²) in [5.41, 5.74) is 0.836. The lowest BCUT2D eigenvalue weighted by Crippen LogP contribution is -1.85. The summed E-state index contributed by atoms with van der Waals surface area (Å²) >= 11 is 0. The summed E-state index contributed by atoms with van der Waals surface area (Å²) in [6.07, 6.45) is 0. The van der Waals surface area contributed by atoms with Crippen LogP contribution in [-0.4, -0.2) is 24.4 Å². The molecule has 1 N–H and O–H groups in total. The first-order valence-electron chi connectivity index (χ1n) is 4.49. The molecule has 0 unspecified atom stereocenters. The molecule has 1 heterocycles. The fourth-order valence-corrected chi connectivity index (χ4v) is 1.20. The average Bonchev–Trinajstić information content (AvgIpc) is 2.78. The van der Waals surface area contributed by atoms with Crippen molar-refractivity contribution < 1.29 is 9.15 Å². The van der Waals surface area contributed by atoms with Crippen LogP contribution in [0, 0.1) is 0 Å². The molecule has 0 amide bonds. The van der Waals surface area contributed by atoms with Crippen LogP contribution in [0.5, 0.6) is 5.75 Å². The average molecular weight is 205 g/mol. The Labute approximate surface area is 87.1 Å². The van der Waals surface area contributed by atoms with Crippen molar-refractivity contribution in [1.82, 2.24) is 10.2 Å². The number of aromatic nitrogens is 2. The number of nitrogens with zero attached hydrogens (tertiary/aromatic N) is 2. The normalized spacial score (nSPS) is 10.0. The molecular formula is C10H11N3O2. The van der Waals surface area contributed by atoms with Gasteiger partial charge < -0.3 is 14.5 Å². The predicted octanol–water partition coefficient (Wildman–Crippen LogP) is 1.79. The maximum absolute atomic E-state index is 5.33. The van der Waals surface area contributed by atoms with Crippen LogP contribution in [0.15, 0.2) is 28.7 Å². The topological polar surface area (TPSA) is 60.2 Å². The fourth-order valence-electron chi connectivity index (χ4n) is 1.20. The third-order valence-corrected chi connectivity index (χ3v) is 1.96. The molecule has 0 radical (unpaired) electrons. The van der Waals surface area contributed by atoms with Gasteiger partial charge >= 0.3 is 6.01 Å². The number of anilines is 1. The molecule has 0 fully saturated rings. The van der Waals surface area contributed by atoms with Crippen LogP contribution < -0.4 is 10.1 Å². The van der Waals surface area contributed by atoms with Crippen LogP contribution in [-0.2, 0) is 0 Å². The minimum Gasteiger partial charge on any atom is -0.497 e. The van der Waals surface area contributed by atoms with E-state index in [1.165, 1.54) is 0 Å². The summed E-state index contributed by atoms with van der Waals surface area (Å²) in [6.45, 7) is 0. The Balaban J connectivity index is 2.35. The van der Waals surface area contributed by atoms with Crippen LogP contribution in [0.25, 0.3) is 11.5 Å². The standard InChI is InChI=1S/C10H11N3O2/c1-11-10-13-12-9(15-10)7-4-3-5-8(6-7)14-2/h3-6H,1-2H3,(H,11,13). The van der Waals surface area contributed by atoms with Gasteiger partial charge in [-0.15, -0.1) is 5.10 Å². The second-order valence-corrected chi connectivity index (χ2v) is 2.89. The molecule has 5 nitrogen and oxygen atoms in total. The Morgan fingerprint density at radius 3 is 2.87 bits per heavy atom. The smallest absolute Gasteiger partial charge is 0.315 e. The highest BCUT2D eigenvalue weighted by molar-refractivity contribution is 5.56. The van der Waals surface area contributed by atoms with Gasteiger partial charge in [-0.1, -0.05) is 11.2 Å². The van der Waals surface area contributed by atoms with E-state index in [-0.39, 0.29) is 0 Å². The molecule has 0 aliphatic carbocycles. The molecule has 1 aromatic carbocycles. The number of ether oxygens (including phenoxy) is 1. The zero-order chi connectivity index (χ0) is 10.7. The Bertz CT molecular complexity index is 453. The summed E-state index contributed by atoms with van der Waals surface area (Å²) in [5.74, 6) is 1.23. The number of hydrogen-bond donors (Lipinski definition) is 1. The van der Waals surface area contributed by atoms with Gasteiger partial charge in [0.25, 0.3) is 0 Å². The summed E-state index contributed by atoms with van der Waals surface area (Å²) in [4.78, 5) is 0. The van der Waals surface area contributed by atoms with Crippen LogP contribution in [0.1, 0.15) is 0 Å². The SMILES string of the molecule is CNc1nnc(-c2cccc(OC)c2)o1. The number of methoxy groups -OCH3 is 1. The first-order chi connectivity index (χ1) is 7.33. The lowest BCUT2D eigenvalue weighted by molar-refractivity contribution is 0.415. The van der Waals surface area contributed by atoms with Crippen molar-refractivity contribution >= 4 is 6.01 Å². The van der Waals surface area contributed by atoms with E-state index in [9.17, 15) is 0 Å². The van der Waals surface area contributed by atoms with Crippen molar-refractivity contribution in [1.29, 1.82) is 0 Å². The van der Waals surface area contributed by atoms with Gasteiger partial charge in [0, 0.05) is 12.6 Å². The molecule has 0 saturated heterocycles. The predicted molar refractivity (Wildman–Crippen MR) is 55.8 cm³/mol. The van der Waals surface area contributed by atoms with Crippen molar-refractivity contribution in [2.45, 2.75) is 0 Å². The van der Waals surface area contributed by atoms with Gasteiger partial charge in [0.15, 0.2) is 0 Å². The monoisotopic (exact) mass is 205 g/mol. The Hall–Kier alpha value is -2.04. The van der Waals surface area contributed by atoms with Gasteiger partial charge in [-0.3, -0.25) is 0 Å². The largest absolute Gasteiger partial charge is 0.497 e. The molecule has 0 aliphatic rings. The molecular weight excluding hydrogens is 194 g/mol. The van der Waals surface area contributed by atoms with E-state index in [4.69, 9.17) is 9.15 Å². The third-order valence-electron chi connectivity index (χ3n) is 1.96. The highest BCUT2D eigenvalue weighted by Crippen LogP contribution is 2.23. The minimum atomic E-state index is 0.396. The summed E-state index contributed by atoms with van der Waals surface area (Å²) < 4.78 is 10.4. The third kappa shape index (κ3) is 1.90. The van der Waals surface area contributed by atoms with Gasteiger partial charge in [0.1, 0.15) is 5.75 Å². The molecule has 1 aromatic heterocycles. The van der Waals surface area contributed by atoms with Gasteiger partial charge in [-0.25, -0.2) is 0 Å². The van der Waals surface area contributed by atoms with E-state index in [0.29, 0.717) is 11.9 Å². The van der Waals surface area contributed by atoms with Gasteiger partial charge in [0.05, 0.1) is 7.11 Å². The first-order valence-corrected chi connectivity index (χ1v) is 4.49. The zero-order valence-electron chi connectivity index (χ0n) is 8.52. The maximum Gasteiger partial charge on any atom is 0.315 e. The molecule has 2 rings (SSSR count).